The molecular formula is C8H16N2O3. The van der Waals surface area contributed by atoms with Crippen LogP contribution in [0.1, 0.15) is 19.8 Å². The van der Waals surface area contributed by atoms with Crippen LogP contribution in [-0.2, 0) is 9.53 Å². The van der Waals surface area contributed by atoms with Crippen LogP contribution in [0.15, 0.2) is 0 Å². The number of hydrogen-bond acceptors (Lipinski definition) is 3. The molecule has 0 saturated carbocycles. The molecule has 2 N–H and O–H groups in total. The van der Waals surface area contributed by atoms with Gasteiger partial charge in [-0.3, -0.25) is 4.79 Å². The topological polar surface area (TPSA) is 72.6 Å². The maximum Gasteiger partial charge on any atom is 0.409 e. The van der Waals surface area contributed by atoms with Crippen LogP contribution in [0.25, 0.3) is 0 Å². The van der Waals surface area contributed by atoms with Crippen molar-refractivity contribution in [1.82, 2.24) is 4.90 Å². The standard InChI is InChI=1S/C8H16N2O3/c1-3-4-5-13-8(12)10(2)6-7(9)11/h3-6H2,1-2H3,(H2,9,11). The van der Waals surface area contributed by atoms with Crippen LogP contribution >= 0.6 is 0 Å². The summed E-state index contributed by atoms with van der Waals surface area (Å²) in [5.74, 6) is -0.546. The van der Waals surface area contributed by atoms with Gasteiger partial charge in [0.1, 0.15) is 6.54 Å². The maximum absolute atomic E-state index is 11.0. The van der Waals surface area contributed by atoms with E-state index in [2.05, 4.69) is 0 Å². The summed E-state index contributed by atoms with van der Waals surface area (Å²) >= 11 is 0. The zero-order chi connectivity index (χ0) is 10.3. The number of primary amides is 1. The van der Waals surface area contributed by atoms with Crippen molar-refractivity contribution >= 4 is 12.0 Å². The fourth-order valence-corrected chi connectivity index (χ4v) is 0.712. The van der Waals surface area contributed by atoms with E-state index in [1.165, 1.54) is 7.05 Å². The molecule has 0 saturated heterocycles. The van der Waals surface area contributed by atoms with Crippen LogP contribution in [0.5, 0.6) is 0 Å². The highest BCUT2D eigenvalue weighted by Gasteiger charge is 2.11. The summed E-state index contributed by atoms with van der Waals surface area (Å²) in [5, 5.41) is 0. The Morgan fingerprint density at radius 3 is 2.54 bits per heavy atom. The van der Waals surface area contributed by atoms with Gasteiger partial charge in [-0.25, -0.2) is 4.79 Å². The highest BCUT2D eigenvalue weighted by atomic mass is 16.6. The Bertz CT molecular complexity index is 182. The van der Waals surface area contributed by atoms with E-state index in [-0.39, 0.29) is 6.54 Å². The number of likely N-dealkylation sites (N-methyl/N-ethyl adjacent to an activating group) is 1. The zero-order valence-electron chi connectivity index (χ0n) is 8.08. The van der Waals surface area contributed by atoms with Crippen LogP contribution in [0.3, 0.4) is 0 Å². The predicted octanol–water partition coefficient (Wildman–Crippen LogP) is 0.340. The molecule has 2 amide bonds. The van der Waals surface area contributed by atoms with Crippen molar-refractivity contribution in [1.29, 1.82) is 0 Å². The van der Waals surface area contributed by atoms with Gasteiger partial charge in [0.2, 0.25) is 5.91 Å². The lowest BCUT2D eigenvalue weighted by Crippen LogP contribution is -2.35. The molecule has 0 aliphatic heterocycles. The molecular weight excluding hydrogens is 172 g/mol. The Balaban J connectivity index is 3.63. The minimum Gasteiger partial charge on any atom is -0.449 e. The molecule has 76 valence electrons. The Kier molecular flexibility index (Phi) is 5.67. The second-order valence-corrected chi connectivity index (χ2v) is 2.79. The molecule has 0 atom stereocenters. The van der Waals surface area contributed by atoms with Gasteiger partial charge in [0.25, 0.3) is 0 Å². The average Bonchev–Trinajstić information content (AvgIpc) is 2.03. The van der Waals surface area contributed by atoms with E-state index in [9.17, 15) is 9.59 Å². The Morgan fingerprint density at radius 2 is 2.08 bits per heavy atom. The Hall–Kier alpha value is -1.26. The van der Waals surface area contributed by atoms with Gasteiger partial charge in [0.15, 0.2) is 0 Å². The quantitative estimate of drug-likeness (QED) is 0.632. The Labute approximate surface area is 77.8 Å². The molecule has 0 rings (SSSR count). The third kappa shape index (κ3) is 5.95. The highest BCUT2D eigenvalue weighted by molar-refractivity contribution is 5.80. The molecule has 0 unspecified atom stereocenters. The number of nitrogens with zero attached hydrogens (tertiary/aromatic N) is 1. The van der Waals surface area contributed by atoms with E-state index in [1.807, 2.05) is 6.92 Å². The number of amides is 2. The lowest BCUT2D eigenvalue weighted by Gasteiger charge is -2.14. The first kappa shape index (κ1) is 11.7. The summed E-state index contributed by atoms with van der Waals surface area (Å²) in [7, 11) is 1.47. The number of unbranched alkanes of at least 4 members (excludes halogenated alkanes) is 1. The van der Waals surface area contributed by atoms with E-state index in [4.69, 9.17) is 10.5 Å². The Morgan fingerprint density at radius 1 is 1.46 bits per heavy atom. The molecule has 0 fully saturated rings. The van der Waals surface area contributed by atoms with E-state index >= 15 is 0 Å². The smallest absolute Gasteiger partial charge is 0.409 e. The first-order chi connectivity index (χ1) is 6.07. The van der Waals surface area contributed by atoms with Crippen LogP contribution < -0.4 is 5.73 Å². The highest BCUT2D eigenvalue weighted by Crippen LogP contribution is 1.93. The van der Waals surface area contributed by atoms with E-state index in [0.717, 1.165) is 17.7 Å². The van der Waals surface area contributed by atoms with Crippen molar-refractivity contribution in [2.24, 2.45) is 5.73 Å². The molecule has 5 nitrogen and oxygen atoms in total. The van der Waals surface area contributed by atoms with Crippen LogP contribution in [-0.4, -0.2) is 37.1 Å². The number of carbonyl (C=O) groups is 2. The van der Waals surface area contributed by atoms with Gasteiger partial charge in [0.05, 0.1) is 6.61 Å². The SMILES string of the molecule is CCCCOC(=O)N(C)CC(N)=O. The number of carbonyl (C=O) groups excluding carboxylic acids is 2. The lowest BCUT2D eigenvalue weighted by atomic mass is 10.4. The van der Waals surface area contributed by atoms with Crippen LogP contribution in [0.4, 0.5) is 4.79 Å². The van der Waals surface area contributed by atoms with Crippen molar-refractivity contribution in [2.75, 3.05) is 20.2 Å². The van der Waals surface area contributed by atoms with Gasteiger partial charge < -0.3 is 15.4 Å². The van der Waals surface area contributed by atoms with Crippen molar-refractivity contribution in [3.63, 3.8) is 0 Å². The fraction of sp³-hybridized carbons (Fsp3) is 0.750. The van der Waals surface area contributed by atoms with Gasteiger partial charge in [-0.05, 0) is 6.42 Å². The number of rotatable bonds is 5. The first-order valence-corrected chi connectivity index (χ1v) is 4.24. The zero-order valence-corrected chi connectivity index (χ0v) is 8.08. The summed E-state index contributed by atoms with van der Waals surface area (Å²) in [6, 6.07) is 0. The van der Waals surface area contributed by atoms with Crippen LogP contribution in [0.2, 0.25) is 0 Å². The summed E-state index contributed by atoms with van der Waals surface area (Å²) in [5.41, 5.74) is 4.90. The van der Waals surface area contributed by atoms with Gasteiger partial charge in [-0.15, -0.1) is 0 Å². The molecule has 5 heteroatoms. The van der Waals surface area contributed by atoms with E-state index < -0.39 is 12.0 Å². The van der Waals surface area contributed by atoms with Crippen molar-refractivity contribution in [3.8, 4) is 0 Å². The summed E-state index contributed by atoms with van der Waals surface area (Å²) < 4.78 is 4.82. The monoisotopic (exact) mass is 188 g/mol. The molecule has 0 aromatic carbocycles. The molecule has 0 aliphatic carbocycles. The fourth-order valence-electron chi connectivity index (χ4n) is 0.712. The van der Waals surface area contributed by atoms with Gasteiger partial charge in [-0.2, -0.15) is 0 Å². The number of nitrogens with two attached hydrogens (primary N) is 1. The van der Waals surface area contributed by atoms with Crippen molar-refractivity contribution in [2.45, 2.75) is 19.8 Å². The number of ether oxygens (including phenoxy) is 1. The normalized spacial score (nSPS) is 9.38. The second kappa shape index (κ2) is 6.28. The second-order valence-electron chi connectivity index (χ2n) is 2.79. The summed E-state index contributed by atoms with van der Waals surface area (Å²) in [4.78, 5) is 22.6. The maximum atomic E-state index is 11.0. The average molecular weight is 188 g/mol. The lowest BCUT2D eigenvalue weighted by molar-refractivity contribution is -0.118. The van der Waals surface area contributed by atoms with Gasteiger partial charge in [0, 0.05) is 7.05 Å². The molecule has 0 bridgehead atoms. The predicted molar refractivity (Wildman–Crippen MR) is 48.1 cm³/mol. The third-order valence-corrected chi connectivity index (χ3v) is 1.43. The minimum absolute atomic E-state index is 0.106. The number of hydrogen-bond donors (Lipinski definition) is 1. The molecule has 0 heterocycles. The van der Waals surface area contributed by atoms with Gasteiger partial charge >= 0.3 is 6.09 Å². The molecule has 0 aliphatic rings. The molecule has 0 aromatic heterocycles. The summed E-state index contributed by atoms with van der Waals surface area (Å²) in [6.07, 6.45) is 1.29. The summed E-state index contributed by atoms with van der Waals surface area (Å²) in [6.45, 7) is 2.28. The van der Waals surface area contributed by atoms with Crippen molar-refractivity contribution in [3.05, 3.63) is 0 Å². The largest absolute Gasteiger partial charge is 0.449 e. The first-order valence-electron chi connectivity index (χ1n) is 4.24. The van der Waals surface area contributed by atoms with Gasteiger partial charge in [-0.1, -0.05) is 13.3 Å². The molecule has 0 spiro atoms. The van der Waals surface area contributed by atoms with Crippen LogP contribution in [0, 0.1) is 0 Å². The third-order valence-electron chi connectivity index (χ3n) is 1.43. The van der Waals surface area contributed by atoms with Crippen molar-refractivity contribution < 1.29 is 14.3 Å². The molecule has 13 heavy (non-hydrogen) atoms. The van der Waals surface area contributed by atoms with E-state index in [0.29, 0.717) is 6.61 Å². The molecule has 0 aromatic rings. The minimum atomic E-state index is -0.546. The van der Waals surface area contributed by atoms with E-state index in [1.54, 1.807) is 0 Å². The molecule has 0 radical (unpaired) electrons.